The Morgan fingerprint density at radius 3 is 1.45 bits per heavy atom. The number of quaternary nitrogens is 1. The lowest BCUT2D eigenvalue weighted by Crippen LogP contribution is -2.56. The summed E-state index contributed by atoms with van der Waals surface area (Å²) in [5.41, 5.74) is 10.3. The fraction of sp³-hybridized carbons (Fsp3) is 0.100. The Hall–Kier alpha value is -3.79. The van der Waals surface area contributed by atoms with Crippen LogP contribution >= 0.6 is 0 Å². The Bertz CT molecular complexity index is 1210. The number of carbonyl (C=O) groups excluding carboxylic acids is 1. The van der Waals surface area contributed by atoms with Gasteiger partial charge in [-0.05, 0) is 25.0 Å². The van der Waals surface area contributed by atoms with E-state index >= 15 is 0 Å². The Morgan fingerprint density at radius 2 is 1.06 bits per heavy atom. The molecule has 3 heteroatoms. The maximum Gasteiger partial charge on any atom is 0.162 e. The SMILES string of the molecule is Cc1ccc([N+]2(c3ccc(C)cc3)C=C(C=O)C(c3ccccc3)(c3ccccc3)N2)cc1. The van der Waals surface area contributed by atoms with E-state index in [1.807, 2.05) is 36.4 Å². The van der Waals surface area contributed by atoms with Crippen molar-refractivity contribution in [2.24, 2.45) is 0 Å². The average molecular weight is 432 g/mol. The molecule has 0 fully saturated rings. The maximum atomic E-state index is 12.7. The third-order valence-corrected chi connectivity index (χ3v) is 6.53. The summed E-state index contributed by atoms with van der Waals surface area (Å²) < 4.78 is 0.235. The van der Waals surface area contributed by atoms with Gasteiger partial charge in [0.25, 0.3) is 0 Å². The highest BCUT2D eigenvalue weighted by molar-refractivity contribution is 5.84. The first-order chi connectivity index (χ1) is 16.1. The maximum absolute atomic E-state index is 12.7. The summed E-state index contributed by atoms with van der Waals surface area (Å²) in [6.07, 6.45) is 3.05. The molecule has 0 unspecified atom stereocenters. The van der Waals surface area contributed by atoms with Gasteiger partial charge in [-0.15, -0.1) is 5.43 Å². The van der Waals surface area contributed by atoms with Crippen molar-refractivity contribution >= 4 is 17.7 Å². The molecule has 162 valence electrons. The second kappa shape index (κ2) is 8.28. The molecule has 1 aliphatic rings. The third kappa shape index (κ3) is 3.43. The minimum absolute atomic E-state index is 0.235. The summed E-state index contributed by atoms with van der Waals surface area (Å²) in [4.78, 5) is 12.7. The van der Waals surface area contributed by atoms with Crippen LogP contribution in [0.4, 0.5) is 11.4 Å². The van der Waals surface area contributed by atoms with E-state index in [0.29, 0.717) is 5.57 Å². The number of aldehydes is 1. The summed E-state index contributed by atoms with van der Waals surface area (Å²) in [6.45, 7) is 4.17. The molecule has 0 aromatic heterocycles. The molecule has 1 heterocycles. The van der Waals surface area contributed by atoms with E-state index in [-0.39, 0.29) is 4.59 Å². The number of benzene rings is 4. The monoisotopic (exact) mass is 431 g/mol. The van der Waals surface area contributed by atoms with E-state index in [4.69, 9.17) is 0 Å². The van der Waals surface area contributed by atoms with E-state index in [0.717, 1.165) is 28.8 Å². The van der Waals surface area contributed by atoms with Gasteiger partial charge in [-0.1, -0.05) is 96.1 Å². The second-order valence-electron chi connectivity index (χ2n) is 8.69. The van der Waals surface area contributed by atoms with Crippen molar-refractivity contribution in [2.75, 3.05) is 0 Å². The lowest BCUT2D eigenvalue weighted by Gasteiger charge is -2.37. The smallest absolute Gasteiger partial charge is 0.162 e. The number of aryl methyl sites for hydroxylation is 2. The van der Waals surface area contributed by atoms with Crippen LogP contribution < -0.4 is 10.0 Å². The molecule has 0 amide bonds. The largest absolute Gasteiger partial charge is 0.298 e. The third-order valence-electron chi connectivity index (χ3n) is 6.53. The molecule has 0 atom stereocenters. The molecular weight excluding hydrogens is 404 g/mol. The van der Waals surface area contributed by atoms with E-state index in [9.17, 15) is 4.79 Å². The standard InChI is InChI=1S/C30H27N2O/c1-23-13-17-28(18-14-23)32(29-19-15-24(2)16-20-29)21-27(22-33)30(31-32,25-9-5-3-6-10-25)26-11-7-4-8-12-26/h3-22,31H,1-2H3/q+1. The zero-order valence-electron chi connectivity index (χ0n) is 18.9. The normalized spacial score (nSPS) is 16.2. The number of nitrogens with zero attached hydrogens (tertiary/aromatic N) is 1. The number of carbonyl (C=O) groups is 1. The molecule has 0 spiro atoms. The van der Waals surface area contributed by atoms with Crippen LogP contribution in [0.2, 0.25) is 0 Å². The van der Waals surface area contributed by atoms with Crippen LogP contribution in [0.5, 0.6) is 0 Å². The number of hydrogen-bond donors (Lipinski definition) is 1. The van der Waals surface area contributed by atoms with E-state index in [1.165, 1.54) is 11.1 Å². The van der Waals surface area contributed by atoms with Crippen LogP contribution in [0, 0.1) is 13.8 Å². The average Bonchev–Trinajstić information content (AvgIpc) is 3.23. The van der Waals surface area contributed by atoms with Crippen LogP contribution in [0.1, 0.15) is 22.3 Å². The van der Waals surface area contributed by atoms with E-state index in [1.54, 1.807) is 0 Å². The first-order valence-electron chi connectivity index (χ1n) is 11.2. The van der Waals surface area contributed by atoms with Gasteiger partial charge < -0.3 is 0 Å². The minimum Gasteiger partial charge on any atom is -0.298 e. The summed E-state index contributed by atoms with van der Waals surface area (Å²) in [6, 6.07) is 37.4. The van der Waals surface area contributed by atoms with Crippen molar-refractivity contribution in [2.45, 2.75) is 19.4 Å². The Morgan fingerprint density at radius 1 is 0.636 bits per heavy atom. The lowest BCUT2D eigenvalue weighted by atomic mass is 9.79. The first kappa shape index (κ1) is 21.1. The first-order valence-corrected chi connectivity index (χ1v) is 11.2. The van der Waals surface area contributed by atoms with Crippen LogP contribution in [-0.4, -0.2) is 6.29 Å². The molecule has 3 nitrogen and oxygen atoms in total. The van der Waals surface area contributed by atoms with Gasteiger partial charge in [-0.2, -0.15) is 4.59 Å². The van der Waals surface area contributed by atoms with Gasteiger partial charge in [0.15, 0.2) is 23.2 Å². The second-order valence-corrected chi connectivity index (χ2v) is 8.69. The molecule has 0 saturated carbocycles. The molecule has 1 aliphatic heterocycles. The van der Waals surface area contributed by atoms with Gasteiger partial charge >= 0.3 is 0 Å². The minimum atomic E-state index is -0.806. The van der Waals surface area contributed by atoms with Gasteiger partial charge in [0, 0.05) is 24.3 Å². The summed E-state index contributed by atoms with van der Waals surface area (Å²) >= 11 is 0. The van der Waals surface area contributed by atoms with Gasteiger partial charge in [0.2, 0.25) is 0 Å². The van der Waals surface area contributed by atoms with Crippen molar-refractivity contribution in [1.82, 2.24) is 10.0 Å². The van der Waals surface area contributed by atoms with Gasteiger partial charge in [0.1, 0.15) is 6.20 Å². The van der Waals surface area contributed by atoms with E-state index in [2.05, 4.69) is 98.3 Å². The highest BCUT2D eigenvalue weighted by Gasteiger charge is 2.54. The van der Waals surface area contributed by atoms with E-state index < -0.39 is 5.54 Å². The van der Waals surface area contributed by atoms with Gasteiger partial charge in [-0.3, -0.25) is 4.79 Å². The summed E-state index contributed by atoms with van der Waals surface area (Å²) in [7, 11) is 0. The Kier molecular flexibility index (Phi) is 5.29. The van der Waals surface area contributed by atoms with Crippen molar-refractivity contribution in [3.8, 4) is 0 Å². The molecule has 0 aliphatic carbocycles. The predicted octanol–water partition coefficient (Wildman–Crippen LogP) is 6.49. The predicted molar refractivity (Wildman–Crippen MR) is 135 cm³/mol. The fourth-order valence-corrected chi connectivity index (χ4v) is 4.78. The quantitative estimate of drug-likeness (QED) is 0.289. The van der Waals surface area contributed by atoms with Crippen LogP contribution in [0.15, 0.2) is 121 Å². The molecular formula is C30H27N2O+. The molecule has 1 N–H and O–H groups in total. The summed E-state index contributed by atoms with van der Waals surface area (Å²) in [5.74, 6) is 0. The molecule has 33 heavy (non-hydrogen) atoms. The number of rotatable bonds is 5. The highest BCUT2D eigenvalue weighted by atomic mass is 16.1. The molecule has 0 radical (unpaired) electrons. The Balaban J connectivity index is 1.82. The van der Waals surface area contributed by atoms with Crippen LogP contribution in [-0.2, 0) is 10.3 Å². The fourth-order valence-electron chi connectivity index (χ4n) is 4.78. The van der Waals surface area contributed by atoms with Crippen molar-refractivity contribution in [1.29, 1.82) is 0 Å². The lowest BCUT2D eigenvalue weighted by molar-refractivity contribution is -0.105. The number of nitrogens with one attached hydrogen (secondary N) is 1. The number of hydrogen-bond acceptors (Lipinski definition) is 2. The zero-order valence-corrected chi connectivity index (χ0v) is 18.9. The van der Waals surface area contributed by atoms with Gasteiger partial charge in [0.05, 0.1) is 5.57 Å². The molecule has 5 rings (SSSR count). The summed E-state index contributed by atoms with van der Waals surface area (Å²) in [5, 5.41) is 0. The van der Waals surface area contributed by atoms with Crippen LogP contribution in [0.3, 0.4) is 0 Å². The molecule has 0 bridgehead atoms. The topological polar surface area (TPSA) is 29.1 Å². The van der Waals surface area contributed by atoms with Crippen molar-refractivity contribution in [3.63, 3.8) is 0 Å². The van der Waals surface area contributed by atoms with Gasteiger partial charge in [-0.25, -0.2) is 0 Å². The highest BCUT2D eigenvalue weighted by Crippen LogP contribution is 2.48. The van der Waals surface area contributed by atoms with Crippen LogP contribution in [0.25, 0.3) is 0 Å². The Labute approximate surface area is 195 Å². The van der Waals surface area contributed by atoms with Crippen molar-refractivity contribution < 1.29 is 4.79 Å². The zero-order chi connectivity index (χ0) is 22.9. The van der Waals surface area contributed by atoms with Crippen molar-refractivity contribution in [3.05, 3.63) is 143 Å². The molecule has 0 saturated heterocycles. The molecule has 4 aromatic rings. The molecule has 4 aromatic carbocycles.